The fourth-order valence-electron chi connectivity index (χ4n) is 4.48. The molecule has 3 aromatic carbocycles. The first-order chi connectivity index (χ1) is 20.9. The van der Waals surface area contributed by atoms with Crippen molar-refractivity contribution in [1.82, 2.24) is 0 Å². The molecule has 1 heterocycles. The van der Waals surface area contributed by atoms with Gasteiger partial charge in [-0.1, -0.05) is 36.4 Å². The summed E-state index contributed by atoms with van der Waals surface area (Å²) in [6.07, 6.45) is 7.26. The molecule has 2 aliphatic rings. The number of hydrogen-bond acceptors (Lipinski definition) is 12. The molecule has 1 aliphatic heterocycles. The van der Waals surface area contributed by atoms with E-state index in [2.05, 4.69) is 6.08 Å². The second-order valence-electron chi connectivity index (χ2n) is 9.68. The van der Waals surface area contributed by atoms with Crippen molar-refractivity contribution in [3.8, 4) is 5.75 Å². The van der Waals surface area contributed by atoms with Gasteiger partial charge in [-0.15, -0.1) is 0 Å². The van der Waals surface area contributed by atoms with E-state index >= 15 is 0 Å². The molecule has 18 heteroatoms. The van der Waals surface area contributed by atoms with E-state index < -0.39 is 50.8 Å². The Morgan fingerprint density at radius 3 is 2.06 bits per heavy atom. The molecule has 0 saturated carbocycles. The molecule has 13 nitrogen and oxygen atoms in total. The third-order valence-corrected chi connectivity index (χ3v) is 9.24. The topological polar surface area (TPSA) is 254 Å². The van der Waals surface area contributed by atoms with Crippen LogP contribution in [0, 0.1) is 12.3 Å². The van der Waals surface area contributed by atoms with Crippen LogP contribution in [0.1, 0.15) is 22.3 Å². The molecule has 1 aliphatic carbocycles. The maximum atomic E-state index is 11.8. The quantitative estimate of drug-likeness (QED) is 0.119. The van der Waals surface area contributed by atoms with Crippen LogP contribution in [-0.4, -0.2) is 51.2 Å². The van der Waals surface area contributed by atoms with Gasteiger partial charge in [0.1, 0.15) is 37.5 Å². The third-order valence-electron chi connectivity index (χ3n) is 6.58. The molecule has 236 valence electrons. The number of fused-ring (bicyclic) bond motifs is 1. The van der Waals surface area contributed by atoms with E-state index in [0.717, 1.165) is 36.1 Å². The van der Waals surface area contributed by atoms with Gasteiger partial charge in [-0.25, -0.2) is 16.8 Å². The summed E-state index contributed by atoms with van der Waals surface area (Å²) < 4.78 is 109. The van der Waals surface area contributed by atoms with Gasteiger partial charge in [-0.2, -0.15) is 8.42 Å². The second kappa shape index (κ2) is 15.8. The van der Waals surface area contributed by atoms with E-state index in [4.69, 9.17) is 21.6 Å². The molecule has 0 radical (unpaired) electrons. The molecule has 0 saturated heterocycles. The van der Waals surface area contributed by atoms with Crippen LogP contribution < -0.4 is 75.3 Å². The van der Waals surface area contributed by atoms with Gasteiger partial charge in [-0.3, -0.25) is 9.96 Å². The Hall–Kier alpha value is -2.58. The maximum absolute atomic E-state index is 11.8. The van der Waals surface area contributed by atoms with Crippen molar-refractivity contribution >= 4 is 59.1 Å². The molecular weight excluding hydrogens is 693 g/mol. The van der Waals surface area contributed by atoms with Crippen LogP contribution in [-0.2, 0) is 30.4 Å². The summed E-state index contributed by atoms with van der Waals surface area (Å²) in [5.74, 6) is 0.991. The predicted octanol–water partition coefficient (Wildman–Crippen LogP) is -2.77. The summed E-state index contributed by atoms with van der Waals surface area (Å²) in [6, 6.07) is 13.5. The predicted molar refractivity (Wildman–Crippen MR) is 166 cm³/mol. The van der Waals surface area contributed by atoms with Gasteiger partial charge < -0.3 is 25.3 Å². The van der Waals surface area contributed by atoms with Crippen LogP contribution in [0.25, 0.3) is 11.6 Å². The molecule has 6 N–H and O–H groups in total. The molecule has 0 amide bonds. The minimum absolute atomic E-state index is 0. The fraction of sp³-hybridized carbons (Fsp3) is 0.0690. The SMILES string of the molecule is C1=Cc2ccccc2OC1.Cc1cc(/C(=C2/C=CC(=N)C(S(=O)(=O)O)=C2)c2ccc(N)c(S(=O)(=O)[O-])c2)cc(S(=O)(=O)[O-])c1N.[Na+].[Na+]. The Morgan fingerprint density at radius 2 is 1.47 bits per heavy atom. The van der Waals surface area contributed by atoms with Crippen LogP contribution in [0.15, 0.2) is 99.2 Å². The first-order valence-electron chi connectivity index (χ1n) is 12.7. The van der Waals surface area contributed by atoms with Gasteiger partial charge in [0.05, 0.1) is 21.2 Å². The average molecular weight is 718 g/mol. The number of benzene rings is 3. The first-order valence-corrected chi connectivity index (χ1v) is 16.9. The van der Waals surface area contributed by atoms with Gasteiger partial charge in [0.25, 0.3) is 10.1 Å². The number of ether oxygens (including phenoxy) is 1. The zero-order chi connectivity index (χ0) is 33.3. The monoisotopic (exact) mass is 717 g/mol. The number of rotatable bonds is 5. The number of anilines is 2. The zero-order valence-electron chi connectivity index (χ0n) is 25.3. The number of para-hydroxylation sites is 1. The summed E-state index contributed by atoms with van der Waals surface area (Å²) in [5, 5.41) is 7.77. The van der Waals surface area contributed by atoms with Crippen LogP contribution in [0.5, 0.6) is 5.75 Å². The smallest absolute Gasteiger partial charge is 0.744 e. The van der Waals surface area contributed by atoms with Crippen molar-refractivity contribution in [2.75, 3.05) is 18.1 Å². The van der Waals surface area contributed by atoms with E-state index in [-0.39, 0.29) is 98.3 Å². The van der Waals surface area contributed by atoms with E-state index in [1.165, 1.54) is 30.7 Å². The van der Waals surface area contributed by atoms with E-state index in [0.29, 0.717) is 6.61 Å². The molecule has 3 aromatic rings. The average Bonchev–Trinajstić information content (AvgIpc) is 2.95. The standard InChI is InChI=1S/C20H19N3O9S3.C9H8O.2Na/c1-10-6-13(9-18(20(10)23)35(30,31)32)19(11-2-4-14(21)16(7-11)33(24,25)26)12-3-5-15(22)17(8-12)34(27,28)29;1-2-6-9-8(4-1)5-3-7-10-9;;/h2-9,21H,22-23H2,1H3,(H,24,25,26)(H,27,28,29)(H,30,31,32);1-6H,7H2;;/q;;2*+1/p-2/b19-11-,21-14?;;;. The van der Waals surface area contributed by atoms with Crippen molar-refractivity contribution in [3.63, 3.8) is 0 Å². The number of nitrogen functional groups attached to an aromatic ring is 2. The summed E-state index contributed by atoms with van der Waals surface area (Å²) in [5.41, 5.74) is 11.3. The second-order valence-corrected chi connectivity index (χ2v) is 13.8. The molecule has 0 atom stereocenters. The normalized spacial score (nSPS) is 15.1. The molecule has 0 spiro atoms. The Kier molecular flexibility index (Phi) is 13.6. The molecule has 0 fully saturated rings. The van der Waals surface area contributed by atoms with Crippen molar-refractivity contribution in [3.05, 3.63) is 112 Å². The summed E-state index contributed by atoms with van der Waals surface area (Å²) >= 11 is 0. The molecular formula is C29H25N3Na2O10S3. The zero-order valence-corrected chi connectivity index (χ0v) is 31.7. The minimum Gasteiger partial charge on any atom is -0.744 e. The largest absolute Gasteiger partial charge is 1.00 e. The van der Waals surface area contributed by atoms with E-state index in [1.54, 1.807) is 0 Å². The minimum atomic E-state index is -5.07. The van der Waals surface area contributed by atoms with Crippen LogP contribution in [0.2, 0.25) is 0 Å². The number of hydrogen-bond donors (Lipinski definition) is 4. The summed E-state index contributed by atoms with van der Waals surface area (Å²) in [6.45, 7) is 2.11. The number of nitrogens with one attached hydrogen (secondary N) is 1. The maximum Gasteiger partial charge on any atom is 1.00 e. The Labute approximate surface area is 316 Å². The van der Waals surface area contributed by atoms with Gasteiger partial charge in [0.15, 0.2) is 0 Å². The van der Waals surface area contributed by atoms with Crippen LogP contribution in [0.3, 0.4) is 0 Å². The third kappa shape index (κ3) is 9.75. The van der Waals surface area contributed by atoms with Gasteiger partial charge in [0.2, 0.25) is 0 Å². The van der Waals surface area contributed by atoms with Gasteiger partial charge in [-0.05, 0) is 83.3 Å². The number of allylic oxidation sites excluding steroid dienone is 5. The fourth-order valence-corrected chi connectivity index (χ4v) is 6.43. The van der Waals surface area contributed by atoms with Gasteiger partial charge in [0, 0.05) is 11.3 Å². The van der Waals surface area contributed by atoms with Crippen molar-refractivity contribution in [1.29, 1.82) is 5.41 Å². The summed E-state index contributed by atoms with van der Waals surface area (Å²) in [7, 11) is -15.0. The Morgan fingerprint density at radius 1 is 0.851 bits per heavy atom. The number of aryl methyl sites for hydroxylation is 1. The molecule has 0 aromatic heterocycles. The molecule has 0 unspecified atom stereocenters. The van der Waals surface area contributed by atoms with Gasteiger partial charge >= 0.3 is 59.1 Å². The van der Waals surface area contributed by atoms with E-state index in [9.17, 15) is 38.9 Å². The Balaban J connectivity index is 0.000000541. The van der Waals surface area contributed by atoms with E-state index in [1.807, 2.05) is 30.3 Å². The first kappa shape index (κ1) is 40.6. The number of nitrogens with two attached hydrogens (primary N) is 2. The molecule has 47 heavy (non-hydrogen) atoms. The molecule has 5 rings (SSSR count). The Bertz CT molecular complexity index is 2200. The molecule has 0 bridgehead atoms. The van der Waals surface area contributed by atoms with Crippen molar-refractivity contribution in [2.24, 2.45) is 0 Å². The van der Waals surface area contributed by atoms with Crippen LogP contribution in [0.4, 0.5) is 11.4 Å². The van der Waals surface area contributed by atoms with Crippen molar-refractivity contribution < 1.29 is 103 Å². The van der Waals surface area contributed by atoms with Crippen LogP contribution >= 0.6 is 0 Å². The summed E-state index contributed by atoms with van der Waals surface area (Å²) in [4.78, 5) is -2.39. The van der Waals surface area contributed by atoms with Crippen molar-refractivity contribution in [2.45, 2.75) is 16.7 Å².